The van der Waals surface area contributed by atoms with E-state index in [1.165, 1.54) is 25.7 Å². The second kappa shape index (κ2) is 7.16. The van der Waals surface area contributed by atoms with Crippen molar-refractivity contribution in [2.75, 3.05) is 0 Å². The summed E-state index contributed by atoms with van der Waals surface area (Å²) in [7, 11) is 0. The van der Waals surface area contributed by atoms with Gasteiger partial charge >= 0.3 is 0 Å². The van der Waals surface area contributed by atoms with Crippen molar-refractivity contribution in [1.82, 2.24) is 0 Å². The van der Waals surface area contributed by atoms with Crippen molar-refractivity contribution in [3.8, 4) is 11.1 Å². The van der Waals surface area contributed by atoms with E-state index < -0.39 is 0 Å². The minimum Gasteiger partial charge on any atom is -0.298 e. The van der Waals surface area contributed by atoms with Gasteiger partial charge in [0.25, 0.3) is 0 Å². The van der Waals surface area contributed by atoms with Gasteiger partial charge in [-0.3, -0.25) is 4.79 Å². The Morgan fingerprint density at radius 1 is 0.759 bits per heavy atom. The van der Waals surface area contributed by atoms with Crippen LogP contribution in [0.3, 0.4) is 0 Å². The third-order valence-corrected chi connectivity index (χ3v) is 6.46. The lowest BCUT2D eigenvalue weighted by Crippen LogP contribution is -1.92. The largest absolute Gasteiger partial charge is 0.298 e. The molecule has 0 saturated heterocycles. The molecule has 2 heteroatoms. The second-order valence-corrected chi connectivity index (χ2v) is 8.13. The first-order valence-electron chi connectivity index (χ1n) is 9.51. The Morgan fingerprint density at radius 2 is 1.48 bits per heavy atom. The molecule has 1 aromatic heterocycles. The van der Waals surface area contributed by atoms with Crippen LogP contribution in [0, 0.1) is 0 Å². The summed E-state index contributed by atoms with van der Waals surface area (Å²) in [4.78, 5) is 11.1. The zero-order valence-electron chi connectivity index (χ0n) is 15.8. The average molecular weight is 391 g/mol. The van der Waals surface area contributed by atoms with Crippen LogP contribution in [0.15, 0.2) is 97.6 Å². The molecule has 0 aliphatic heterocycles. The molecule has 0 fully saturated rings. The lowest BCUT2D eigenvalue weighted by molar-refractivity contribution is 0.112. The van der Waals surface area contributed by atoms with Gasteiger partial charge in [-0.2, -0.15) is 0 Å². The van der Waals surface area contributed by atoms with Gasteiger partial charge in [-0.1, -0.05) is 85.4 Å². The molecule has 29 heavy (non-hydrogen) atoms. The van der Waals surface area contributed by atoms with E-state index in [-0.39, 0.29) is 0 Å². The first kappa shape index (κ1) is 17.6. The fourth-order valence-corrected chi connectivity index (χ4v) is 5.00. The molecule has 0 unspecified atom stereocenters. The van der Waals surface area contributed by atoms with Crippen LogP contribution in [0.25, 0.3) is 36.9 Å². The molecule has 0 spiro atoms. The molecule has 0 amide bonds. The van der Waals surface area contributed by atoms with Gasteiger partial charge in [-0.15, -0.1) is 11.3 Å². The lowest BCUT2D eigenvalue weighted by Gasteiger charge is -2.15. The van der Waals surface area contributed by atoms with Crippen molar-refractivity contribution < 1.29 is 4.79 Å². The fourth-order valence-electron chi connectivity index (χ4n) is 3.89. The van der Waals surface area contributed by atoms with E-state index in [0.717, 1.165) is 28.5 Å². The number of hydrogen-bond donors (Lipinski definition) is 0. The first-order chi connectivity index (χ1) is 14.3. The first-order valence-corrected chi connectivity index (χ1v) is 10.3. The van der Waals surface area contributed by atoms with Gasteiger partial charge in [-0.25, -0.2) is 0 Å². The normalized spacial score (nSPS) is 11.0. The minimum absolute atomic E-state index is 0.680. The Bertz CT molecular complexity index is 1360. The number of hydrogen-bond acceptors (Lipinski definition) is 2. The summed E-state index contributed by atoms with van der Waals surface area (Å²) >= 11 is 1.81. The standard InChI is InChI=1S/C27H18OS/c1-18(20-7-3-2-4-8-20)22-15-16-25-27(23-9-5-6-10-24(23)29-25)26(22)21-13-11-19(17-28)12-14-21/h2-17H,1H2. The smallest absolute Gasteiger partial charge is 0.150 e. The highest BCUT2D eigenvalue weighted by atomic mass is 32.1. The molecule has 0 radical (unpaired) electrons. The van der Waals surface area contributed by atoms with Crippen LogP contribution in [0.5, 0.6) is 0 Å². The predicted octanol–water partition coefficient (Wildman–Crippen LogP) is 7.60. The highest BCUT2D eigenvalue weighted by Crippen LogP contribution is 2.44. The molecule has 0 aliphatic rings. The summed E-state index contributed by atoms with van der Waals surface area (Å²) in [6, 6.07) is 31.0. The highest BCUT2D eigenvalue weighted by Gasteiger charge is 2.17. The number of aldehydes is 1. The van der Waals surface area contributed by atoms with Gasteiger partial charge in [0.05, 0.1) is 0 Å². The number of benzene rings is 4. The molecule has 0 N–H and O–H groups in total. The zero-order chi connectivity index (χ0) is 19.8. The Balaban J connectivity index is 1.86. The Labute approximate surface area is 173 Å². The summed E-state index contributed by atoms with van der Waals surface area (Å²) in [5.41, 5.74) is 6.17. The van der Waals surface area contributed by atoms with Gasteiger partial charge in [0.2, 0.25) is 0 Å². The maximum absolute atomic E-state index is 11.1. The molecule has 0 bridgehead atoms. The number of carbonyl (C=O) groups is 1. The summed E-state index contributed by atoms with van der Waals surface area (Å²) in [6.45, 7) is 4.43. The van der Waals surface area contributed by atoms with Crippen LogP contribution in [-0.2, 0) is 0 Å². The molecule has 1 nitrogen and oxygen atoms in total. The van der Waals surface area contributed by atoms with E-state index in [9.17, 15) is 4.79 Å². The number of fused-ring (bicyclic) bond motifs is 3. The van der Waals surface area contributed by atoms with Gasteiger partial charge in [-0.05, 0) is 40.0 Å². The Morgan fingerprint density at radius 3 is 2.24 bits per heavy atom. The van der Waals surface area contributed by atoms with Crippen LogP contribution in [0.2, 0.25) is 0 Å². The third kappa shape index (κ3) is 2.98. The fraction of sp³-hybridized carbons (Fsp3) is 0. The number of rotatable bonds is 4. The topological polar surface area (TPSA) is 17.1 Å². The van der Waals surface area contributed by atoms with Gasteiger partial charge in [0, 0.05) is 25.7 Å². The van der Waals surface area contributed by atoms with E-state index in [1.807, 2.05) is 53.8 Å². The second-order valence-electron chi connectivity index (χ2n) is 7.04. The average Bonchev–Trinajstić information content (AvgIpc) is 3.17. The molecule has 0 aliphatic carbocycles. The van der Waals surface area contributed by atoms with Crippen molar-refractivity contribution in [3.63, 3.8) is 0 Å². The van der Waals surface area contributed by atoms with Crippen molar-refractivity contribution >= 4 is 43.4 Å². The van der Waals surface area contributed by atoms with Crippen LogP contribution < -0.4 is 0 Å². The maximum atomic E-state index is 11.1. The monoisotopic (exact) mass is 390 g/mol. The molecular weight excluding hydrogens is 372 g/mol. The van der Waals surface area contributed by atoms with E-state index in [1.54, 1.807) is 0 Å². The van der Waals surface area contributed by atoms with Crippen LogP contribution in [0.4, 0.5) is 0 Å². The molecular formula is C27H18OS. The predicted molar refractivity (Wildman–Crippen MR) is 125 cm³/mol. The van der Waals surface area contributed by atoms with Gasteiger partial charge < -0.3 is 0 Å². The molecule has 5 aromatic rings. The van der Waals surface area contributed by atoms with Gasteiger partial charge in [0.1, 0.15) is 6.29 Å². The van der Waals surface area contributed by atoms with Crippen molar-refractivity contribution in [2.45, 2.75) is 0 Å². The molecule has 0 saturated carbocycles. The summed E-state index contributed by atoms with van der Waals surface area (Å²) in [5.74, 6) is 0. The third-order valence-electron chi connectivity index (χ3n) is 5.33. The molecule has 1 heterocycles. The van der Waals surface area contributed by atoms with Crippen LogP contribution in [-0.4, -0.2) is 6.29 Å². The highest BCUT2D eigenvalue weighted by molar-refractivity contribution is 7.25. The van der Waals surface area contributed by atoms with Gasteiger partial charge in [0.15, 0.2) is 0 Å². The molecule has 4 aromatic carbocycles. The minimum atomic E-state index is 0.680. The van der Waals surface area contributed by atoms with Crippen molar-refractivity contribution in [3.05, 3.63) is 114 Å². The Hall–Kier alpha value is -3.49. The molecule has 138 valence electrons. The lowest BCUT2D eigenvalue weighted by atomic mass is 9.88. The van der Waals surface area contributed by atoms with E-state index in [2.05, 4.69) is 55.1 Å². The van der Waals surface area contributed by atoms with Crippen LogP contribution in [0.1, 0.15) is 21.5 Å². The van der Waals surface area contributed by atoms with E-state index >= 15 is 0 Å². The zero-order valence-corrected chi connectivity index (χ0v) is 16.6. The summed E-state index contributed by atoms with van der Waals surface area (Å²) in [6.07, 6.45) is 0.883. The number of carbonyl (C=O) groups excluding carboxylic acids is 1. The SMILES string of the molecule is C=C(c1ccccc1)c1ccc2sc3ccccc3c2c1-c1ccc(C=O)cc1. The van der Waals surface area contributed by atoms with Crippen molar-refractivity contribution in [1.29, 1.82) is 0 Å². The summed E-state index contributed by atoms with van der Waals surface area (Å²) < 4.78 is 2.53. The Kier molecular flexibility index (Phi) is 4.34. The summed E-state index contributed by atoms with van der Waals surface area (Å²) in [5, 5.41) is 2.50. The van der Waals surface area contributed by atoms with E-state index in [0.29, 0.717) is 5.56 Å². The quantitative estimate of drug-likeness (QED) is 0.289. The maximum Gasteiger partial charge on any atom is 0.150 e. The van der Waals surface area contributed by atoms with E-state index in [4.69, 9.17) is 0 Å². The number of thiophene rings is 1. The van der Waals surface area contributed by atoms with Crippen LogP contribution >= 0.6 is 11.3 Å². The van der Waals surface area contributed by atoms with Crippen molar-refractivity contribution in [2.24, 2.45) is 0 Å². The molecule has 5 rings (SSSR count). The molecule has 0 atom stereocenters.